The first-order chi connectivity index (χ1) is 8.34. The molecule has 0 aliphatic carbocycles. The Morgan fingerprint density at radius 3 is 2.11 bits per heavy atom. The Morgan fingerprint density at radius 2 is 1.72 bits per heavy atom. The monoisotopic (exact) mass is 249 g/mol. The summed E-state index contributed by atoms with van der Waals surface area (Å²) in [5, 5.41) is 0. The van der Waals surface area contributed by atoms with Gasteiger partial charge in [-0.05, 0) is 31.0 Å². The van der Waals surface area contributed by atoms with Gasteiger partial charge in [0.25, 0.3) is 0 Å². The predicted molar refractivity (Wildman–Crippen MR) is 78.0 cm³/mol. The normalized spacial score (nSPS) is 15.2. The number of hydrogen-bond donors (Lipinski definition) is 1. The highest BCUT2D eigenvalue weighted by Gasteiger charge is 2.29. The molecule has 0 aromatic heterocycles. The average molecular weight is 249 g/mol. The van der Waals surface area contributed by atoms with Gasteiger partial charge in [-0.15, -0.1) is 0 Å². The zero-order chi connectivity index (χ0) is 13.8. The summed E-state index contributed by atoms with van der Waals surface area (Å²) >= 11 is 0. The second kappa shape index (κ2) is 6.24. The fraction of sp³-hybridized carbons (Fsp3) is 0.625. The van der Waals surface area contributed by atoms with Crippen molar-refractivity contribution in [3.8, 4) is 5.75 Å². The van der Waals surface area contributed by atoms with E-state index in [0.29, 0.717) is 0 Å². The molecule has 18 heavy (non-hydrogen) atoms. The van der Waals surface area contributed by atoms with Crippen LogP contribution in [0.3, 0.4) is 0 Å². The average Bonchev–Trinajstić information content (AvgIpc) is 2.26. The van der Waals surface area contributed by atoms with Gasteiger partial charge in [-0.25, -0.2) is 0 Å². The maximum absolute atomic E-state index is 6.05. The first-order valence-electron chi connectivity index (χ1n) is 6.85. The zero-order valence-electron chi connectivity index (χ0n) is 12.4. The van der Waals surface area contributed by atoms with Gasteiger partial charge in [-0.2, -0.15) is 0 Å². The highest BCUT2D eigenvalue weighted by atomic mass is 16.5. The quantitative estimate of drug-likeness (QED) is 0.862. The summed E-state index contributed by atoms with van der Waals surface area (Å²) in [6.07, 6.45) is 2.32. The van der Waals surface area contributed by atoms with E-state index in [1.807, 2.05) is 19.1 Å². The Hall–Kier alpha value is -1.02. The number of benzene rings is 1. The first-order valence-corrected chi connectivity index (χ1v) is 6.85. The third kappa shape index (κ3) is 4.34. The summed E-state index contributed by atoms with van der Waals surface area (Å²) < 4.78 is 6.05. The molecule has 2 heteroatoms. The summed E-state index contributed by atoms with van der Waals surface area (Å²) in [6.45, 7) is 10.7. The summed E-state index contributed by atoms with van der Waals surface area (Å²) in [6, 6.07) is 8.39. The Labute approximate surface area is 112 Å². The molecular formula is C16H27NO. The molecule has 0 saturated carbocycles. The fourth-order valence-corrected chi connectivity index (χ4v) is 2.24. The lowest BCUT2D eigenvalue weighted by atomic mass is 9.85. The van der Waals surface area contributed by atoms with Crippen molar-refractivity contribution in [3.05, 3.63) is 29.8 Å². The highest BCUT2D eigenvalue weighted by Crippen LogP contribution is 2.26. The molecule has 2 nitrogen and oxygen atoms in total. The van der Waals surface area contributed by atoms with Crippen LogP contribution in [-0.2, 0) is 6.42 Å². The SMILES string of the molecule is CCCc1ccc(OC(C(C)N)C(C)(C)C)cc1. The molecule has 102 valence electrons. The lowest BCUT2D eigenvalue weighted by Gasteiger charge is -2.34. The van der Waals surface area contributed by atoms with E-state index < -0.39 is 0 Å². The molecule has 1 aromatic carbocycles. The van der Waals surface area contributed by atoms with E-state index in [0.717, 1.165) is 12.2 Å². The van der Waals surface area contributed by atoms with Crippen molar-refractivity contribution >= 4 is 0 Å². The molecule has 0 aliphatic rings. The van der Waals surface area contributed by atoms with Gasteiger partial charge in [0.15, 0.2) is 0 Å². The van der Waals surface area contributed by atoms with Crippen molar-refractivity contribution < 1.29 is 4.74 Å². The molecule has 0 radical (unpaired) electrons. The van der Waals surface area contributed by atoms with Gasteiger partial charge < -0.3 is 10.5 Å². The molecule has 1 rings (SSSR count). The number of rotatable bonds is 5. The van der Waals surface area contributed by atoms with Crippen molar-refractivity contribution in [2.24, 2.45) is 11.1 Å². The maximum atomic E-state index is 6.05. The molecule has 0 aliphatic heterocycles. The minimum absolute atomic E-state index is 0.0142. The van der Waals surface area contributed by atoms with Crippen LogP contribution in [0.5, 0.6) is 5.75 Å². The van der Waals surface area contributed by atoms with E-state index in [1.165, 1.54) is 12.0 Å². The molecule has 0 saturated heterocycles. The van der Waals surface area contributed by atoms with E-state index in [2.05, 4.69) is 39.8 Å². The minimum atomic E-state index is 0.0142. The molecule has 0 fully saturated rings. The van der Waals surface area contributed by atoms with E-state index in [1.54, 1.807) is 0 Å². The van der Waals surface area contributed by atoms with Crippen LogP contribution in [0.25, 0.3) is 0 Å². The van der Waals surface area contributed by atoms with Gasteiger partial charge >= 0.3 is 0 Å². The van der Waals surface area contributed by atoms with Crippen LogP contribution >= 0.6 is 0 Å². The van der Waals surface area contributed by atoms with Crippen LogP contribution in [0, 0.1) is 5.41 Å². The van der Waals surface area contributed by atoms with Crippen LogP contribution < -0.4 is 10.5 Å². The van der Waals surface area contributed by atoms with Crippen LogP contribution in [0.4, 0.5) is 0 Å². The third-order valence-corrected chi connectivity index (χ3v) is 3.06. The summed E-state index contributed by atoms with van der Waals surface area (Å²) in [5.74, 6) is 0.909. The summed E-state index contributed by atoms with van der Waals surface area (Å²) in [4.78, 5) is 0. The van der Waals surface area contributed by atoms with E-state index in [4.69, 9.17) is 10.5 Å². The second-order valence-electron chi connectivity index (χ2n) is 6.16. The molecular weight excluding hydrogens is 222 g/mol. The zero-order valence-corrected chi connectivity index (χ0v) is 12.4. The molecule has 0 bridgehead atoms. The number of aryl methyl sites for hydroxylation is 1. The van der Waals surface area contributed by atoms with Gasteiger partial charge in [-0.3, -0.25) is 0 Å². The fourth-order valence-electron chi connectivity index (χ4n) is 2.24. The third-order valence-electron chi connectivity index (χ3n) is 3.06. The van der Waals surface area contributed by atoms with Crippen molar-refractivity contribution in [2.45, 2.75) is 59.6 Å². The van der Waals surface area contributed by atoms with Gasteiger partial charge in [-0.1, -0.05) is 46.2 Å². The Kier molecular flexibility index (Phi) is 5.21. The van der Waals surface area contributed by atoms with Crippen molar-refractivity contribution in [1.82, 2.24) is 0 Å². The van der Waals surface area contributed by atoms with Gasteiger partial charge in [0.1, 0.15) is 11.9 Å². The lowest BCUT2D eigenvalue weighted by molar-refractivity contribution is 0.0684. The standard InChI is InChI=1S/C16H27NO/c1-6-7-13-8-10-14(11-9-13)18-15(12(2)17)16(3,4)5/h8-12,15H,6-7,17H2,1-5H3. The van der Waals surface area contributed by atoms with Crippen molar-refractivity contribution in [1.29, 1.82) is 0 Å². The molecule has 2 N–H and O–H groups in total. The van der Waals surface area contributed by atoms with Crippen molar-refractivity contribution in [2.75, 3.05) is 0 Å². The highest BCUT2D eigenvalue weighted by molar-refractivity contribution is 5.27. The van der Waals surface area contributed by atoms with Crippen LogP contribution in [0.2, 0.25) is 0 Å². The molecule has 0 heterocycles. The molecule has 2 atom stereocenters. The summed E-state index contributed by atoms with van der Waals surface area (Å²) in [5.41, 5.74) is 7.42. The van der Waals surface area contributed by atoms with Crippen LogP contribution in [0.1, 0.15) is 46.6 Å². The second-order valence-corrected chi connectivity index (χ2v) is 6.16. The molecule has 0 spiro atoms. The topological polar surface area (TPSA) is 35.2 Å². The van der Waals surface area contributed by atoms with Gasteiger partial charge in [0, 0.05) is 11.5 Å². The number of ether oxygens (including phenoxy) is 1. The molecule has 2 unspecified atom stereocenters. The predicted octanol–water partition coefficient (Wildman–Crippen LogP) is 3.78. The smallest absolute Gasteiger partial charge is 0.119 e. The van der Waals surface area contributed by atoms with Gasteiger partial charge in [0.05, 0.1) is 0 Å². The Morgan fingerprint density at radius 1 is 1.17 bits per heavy atom. The Bertz CT molecular complexity index is 348. The number of nitrogens with two attached hydrogens (primary N) is 1. The minimum Gasteiger partial charge on any atom is -0.488 e. The van der Waals surface area contributed by atoms with Crippen LogP contribution in [-0.4, -0.2) is 12.1 Å². The maximum Gasteiger partial charge on any atom is 0.119 e. The van der Waals surface area contributed by atoms with E-state index in [-0.39, 0.29) is 17.6 Å². The van der Waals surface area contributed by atoms with E-state index >= 15 is 0 Å². The van der Waals surface area contributed by atoms with Gasteiger partial charge in [0.2, 0.25) is 0 Å². The van der Waals surface area contributed by atoms with E-state index in [9.17, 15) is 0 Å². The molecule has 1 aromatic rings. The molecule has 0 amide bonds. The first kappa shape index (κ1) is 15.0. The largest absolute Gasteiger partial charge is 0.488 e. The van der Waals surface area contributed by atoms with Crippen LogP contribution in [0.15, 0.2) is 24.3 Å². The Balaban J connectivity index is 2.76. The number of hydrogen-bond acceptors (Lipinski definition) is 2. The van der Waals surface area contributed by atoms with Crippen molar-refractivity contribution in [3.63, 3.8) is 0 Å². The summed E-state index contributed by atoms with van der Waals surface area (Å²) in [7, 11) is 0. The lowest BCUT2D eigenvalue weighted by Crippen LogP contribution is -2.45.